The van der Waals surface area contributed by atoms with E-state index < -0.39 is 0 Å². The Kier molecular flexibility index (Phi) is 10.1. The van der Waals surface area contributed by atoms with Gasteiger partial charge in [0.2, 0.25) is 0 Å². The third-order valence-electron chi connectivity index (χ3n) is 7.11. The van der Waals surface area contributed by atoms with Crippen LogP contribution in [0.1, 0.15) is 59.4 Å². The van der Waals surface area contributed by atoms with Gasteiger partial charge < -0.3 is 14.2 Å². The molecule has 40 heavy (non-hydrogen) atoms. The van der Waals surface area contributed by atoms with E-state index in [1.165, 1.54) is 5.56 Å². The second-order valence-electron chi connectivity index (χ2n) is 12.0. The molecule has 3 nitrogen and oxygen atoms in total. The van der Waals surface area contributed by atoms with Gasteiger partial charge in [-0.25, -0.2) is 0 Å². The van der Waals surface area contributed by atoms with Crippen molar-refractivity contribution in [3.8, 4) is 33.8 Å². The summed E-state index contributed by atoms with van der Waals surface area (Å²) in [7, 11) is 0. The summed E-state index contributed by atoms with van der Waals surface area (Å²) in [6.45, 7) is 14.3. The minimum Gasteiger partial charge on any atom is -0.490 e. The minimum atomic E-state index is -0.386. The van der Waals surface area contributed by atoms with Crippen LogP contribution in [0.25, 0.3) is 22.3 Å². The van der Waals surface area contributed by atoms with Gasteiger partial charge in [0, 0.05) is 11.1 Å². The molecule has 0 aliphatic carbocycles. The van der Waals surface area contributed by atoms with Crippen molar-refractivity contribution in [2.45, 2.75) is 60.2 Å². The minimum absolute atomic E-state index is 0.290. The average Bonchev–Trinajstić information content (AvgIpc) is 2.95. The molecule has 0 aliphatic rings. The van der Waals surface area contributed by atoms with Crippen molar-refractivity contribution in [3.05, 3.63) is 109 Å². The monoisotopic (exact) mass is 536 g/mol. The zero-order chi connectivity index (χ0) is 28.5. The maximum atomic E-state index is 6.40. The number of hydrogen-bond acceptors (Lipinski definition) is 3. The highest BCUT2D eigenvalue weighted by atomic mass is 16.7. The molecule has 2 unspecified atom stereocenters. The van der Waals surface area contributed by atoms with E-state index in [1.54, 1.807) is 0 Å². The molecule has 2 atom stereocenters. The van der Waals surface area contributed by atoms with E-state index in [-0.39, 0.29) is 11.7 Å². The number of ether oxygens (including phenoxy) is 3. The van der Waals surface area contributed by atoms with Gasteiger partial charge in [0.1, 0.15) is 18.1 Å². The molecule has 0 bridgehead atoms. The van der Waals surface area contributed by atoms with Gasteiger partial charge in [0.15, 0.2) is 6.29 Å². The Morgan fingerprint density at radius 3 is 1.68 bits per heavy atom. The first kappa shape index (κ1) is 29.4. The number of para-hydroxylation sites is 1. The summed E-state index contributed by atoms with van der Waals surface area (Å²) >= 11 is 0. The van der Waals surface area contributed by atoms with Gasteiger partial charge in [0.05, 0.1) is 6.61 Å². The number of rotatable bonds is 12. The van der Waals surface area contributed by atoms with Crippen molar-refractivity contribution >= 4 is 0 Å². The predicted molar refractivity (Wildman–Crippen MR) is 167 cm³/mol. The van der Waals surface area contributed by atoms with Gasteiger partial charge in [-0.15, -0.1) is 0 Å². The quantitative estimate of drug-likeness (QED) is 0.133. The Labute approximate surface area is 241 Å². The summed E-state index contributed by atoms with van der Waals surface area (Å²) in [5.41, 5.74) is 6.04. The molecule has 0 saturated heterocycles. The summed E-state index contributed by atoms with van der Waals surface area (Å²) < 4.78 is 18.5. The summed E-state index contributed by atoms with van der Waals surface area (Å²) in [6, 6.07) is 35.5. The van der Waals surface area contributed by atoms with Gasteiger partial charge in [-0.2, -0.15) is 0 Å². The summed E-state index contributed by atoms with van der Waals surface area (Å²) in [4.78, 5) is 0. The molecule has 0 aromatic heterocycles. The molecular formula is C37H44O3. The molecule has 4 rings (SSSR count). The highest BCUT2D eigenvalue weighted by Crippen LogP contribution is 2.39. The highest BCUT2D eigenvalue weighted by Gasteiger charge is 2.23. The molecule has 4 aromatic rings. The average molecular weight is 537 g/mol. The fourth-order valence-corrected chi connectivity index (χ4v) is 5.16. The van der Waals surface area contributed by atoms with Gasteiger partial charge in [-0.1, -0.05) is 126 Å². The van der Waals surface area contributed by atoms with Crippen molar-refractivity contribution in [2.24, 2.45) is 11.3 Å². The van der Waals surface area contributed by atoms with Crippen molar-refractivity contribution in [1.29, 1.82) is 0 Å². The van der Waals surface area contributed by atoms with E-state index in [0.717, 1.165) is 40.2 Å². The molecule has 0 saturated carbocycles. The zero-order valence-corrected chi connectivity index (χ0v) is 24.9. The normalized spacial score (nSPS) is 13.2. The Hall–Kier alpha value is -3.56. The second kappa shape index (κ2) is 13.7. The summed E-state index contributed by atoms with van der Waals surface area (Å²) in [5.74, 6) is 2.79. The van der Waals surface area contributed by atoms with Crippen LogP contribution in [-0.2, 0) is 4.74 Å². The van der Waals surface area contributed by atoms with E-state index in [9.17, 15) is 0 Å². The third kappa shape index (κ3) is 8.22. The highest BCUT2D eigenvalue weighted by molar-refractivity contribution is 5.82. The van der Waals surface area contributed by atoms with Crippen LogP contribution in [0.15, 0.2) is 103 Å². The lowest BCUT2D eigenvalue weighted by Gasteiger charge is -2.29. The SMILES string of the molecule is CC(OCCOc1c(-c2ccccc2)cccc1-c1ccccc1)Oc1ccc(C(CC(C)(C)C)C(C)C)cc1. The van der Waals surface area contributed by atoms with E-state index in [4.69, 9.17) is 14.2 Å². The molecule has 0 spiro atoms. The molecule has 4 aromatic carbocycles. The van der Waals surface area contributed by atoms with E-state index in [1.807, 2.05) is 19.1 Å². The Balaban J connectivity index is 1.37. The van der Waals surface area contributed by atoms with Crippen LogP contribution in [-0.4, -0.2) is 19.5 Å². The van der Waals surface area contributed by atoms with Gasteiger partial charge in [0.25, 0.3) is 0 Å². The van der Waals surface area contributed by atoms with E-state index in [0.29, 0.717) is 25.0 Å². The summed E-state index contributed by atoms with van der Waals surface area (Å²) in [6.07, 6.45) is 0.770. The molecule has 0 N–H and O–H groups in total. The number of hydrogen-bond donors (Lipinski definition) is 0. The van der Waals surface area contributed by atoms with Gasteiger partial charge in [-0.3, -0.25) is 0 Å². The first-order valence-corrected chi connectivity index (χ1v) is 14.5. The molecule has 0 heterocycles. The van der Waals surface area contributed by atoms with Crippen LogP contribution in [0.2, 0.25) is 0 Å². The largest absolute Gasteiger partial charge is 0.490 e. The standard InChI is InChI=1S/C37H44O3/c1-27(2)35(26-37(4,5)6)31-20-22-32(23-21-31)40-28(3)38-24-25-39-36-33(29-14-9-7-10-15-29)18-13-19-34(36)30-16-11-8-12-17-30/h7-23,27-28,35H,24-26H2,1-6H3. The first-order chi connectivity index (χ1) is 19.2. The lowest BCUT2D eigenvalue weighted by atomic mass is 9.76. The van der Waals surface area contributed by atoms with Crippen molar-refractivity contribution < 1.29 is 14.2 Å². The fourth-order valence-electron chi connectivity index (χ4n) is 5.16. The molecule has 0 aliphatic heterocycles. The first-order valence-electron chi connectivity index (χ1n) is 14.5. The van der Waals surface area contributed by atoms with Gasteiger partial charge >= 0.3 is 0 Å². The Bertz CT molecular complexity index is 1250. The van der Waals surface area contributed by atoms with Gasteiger partial charge in [-0.05, 0) is 59.4 Å². The van der Waals surface area contributed by atoms with E-state index >= 15 is 0 Å². The topological polar surface area (TPSA) is 27.7 Å². The Morgan fingerprint density at radius 1 is 0.625 bits per heavy atom. The molecule has 0 radical (unpaired) electrons. The zero-order valence-electron chi connectivity index (χ0n) is 24.9. The second-order valence-corrected chi connectivity index (χ2v) is 12.0. The maximum absolute atomic E-state index is 6.40. The van der Waals surface area contributed by atoms with Crippen LogP contribution < -0.4 is 9.47 Å². The number of benzene rings is 4. The fraction of sp³-hybridized carbons (Fsp3) is 0.351. The molecule has 210 valence electrons. The maximum Gasteiger partial charge on any atom is 0.197 e. The Morgan fingerprint density at radius 2 is 1.18 bits per heavy atom. The molecule has 0 fully saturated rings. The van der Waals surface area contributed by atoms with Crippen LogP contribution in [0.4, 0.5) is 0 Å². The summed E-state index contributed by atoms with van der Waals surface area (Å²) in [5, 5.41) is 0. The molecular weight excluding hydrogens is 492 g/mol. The smallest absolute Gasteiger partial charge is 0.197 e. The van der Waals surface area contributed by atoms with Crippen LogP contribution >= 0.6 is 0 Å². The van der Waals surface area contributed by atoms with Crippen molar-refractivity contribution in [1.82, 2.24) is 0 Å². The van der Waals surface area contributed by atoms with Crippen LogP contribution in [0, 0.1) is 11.3 Å². The lowest BCUT2D eigenvalue weighted by molar-refractivity contribution is -0.0738. The van der Waals surface area contributed by atoms with Crippen molar-refractivity contribution in [2.75, 3.05) is 13.2 Å². The van der Waals surface area contributed by atoms with Crippen LogP contribution in [0.3, 0.4) is 0 Å². The predicted octanol–water partition coefficient (Wildman–Crippen LogP) is 10.0. The molecule has 0 amide bonds. The van der Waals surface area contributed by atoms with Crippen LogP contribution in [0.5, 0.6) is 11.5 Å². The third-order valence-corrected chi connectivity index (χ3v) is 7.11. The molecule has 3 heteroatoms. The van der Waals surface area contributed by atoms with Crippen molar-refractivity contribution in [3.63, 3.8) is 0 Å². The lowest BCUT2D eigenvalue weighted by Crippen LogP contribution is -2.20. The van der Waals surface area contributed by atoms with E-state index in [2.05, 4.69) is 126 Å².